The first-order chi connectivity index (χ1) is 11.4. The Morgan fingerprint density at radius 1 is 1.20 bits per heavy atom. The topological polar surface area (TPSA) is 82.1 Å². The second-order valence-corrected chi connectivity index (χ2v) is 8.69. The van der Waals surface area contributed by atoms with Crippen molar-refractivity contribution < 1.29 is 19.4 Å². The fraction of sp³-hybridized carbons (Fsp3) is 0.889. The molecule has 0 saturated carbocycles. The highest BCUT2D eigenvalue weighted by Crippen LogP contribution is 2.44. The summed E-state index contributed by atoms with van der Waals surface area (Å²) in [5.41, 5.74) is -1.37. The zero-order chi connectivity index (χ0) is 19.0. The molecule has 2 heterocycles. The van der Waals surface area contributed by atoms with E-state index >= 15 is 0 Å². The number of aliphatic hydroxyl groups excluding tert-OH is 1. The van der Waals surface area contributed by atoms with E-state index in [0.717, 1.165) is 11.3 Å². The number of imide groups is 1. The lowest BCUT2D eigenvalue weighted by atomic mass is 9.69. The molecule has 3 amide bonds. The molecule has 2 aliphatic rings. The number of nitrogens with one attached hydrogen (secondary N) is 1. The van der Waals surface area contributed by atoms with Gasteiger partial charge in [0, 0.05) is 17.7 Å². The lowest BCUT2D eigenvalue weighted by Crippen LogP contribution is -2.68. The Hall–Kier alpha value is -1.18. The second kappa shape index (κ2) is 6.85. The third kappa shape index (κ3) is 3.83. The van der Waals surface area contributed by atoms with E-state index in [1.54, 1.807) is 0 Å². The molecule has 0 aromatic heterocycles. The number of ether oxygens (including phenoxy) is 1. The lowest BCUT2D eigenvalue weighted by molar-refractivity contribution is -0.140. The van der Waals surface area contributed by atoms with Gasteiger partial charge in [-0.25, -0.2) is 4.79 Å². The normalized spacial score (nSPS) is 26.1. The molecule has 144 valence electrons. The molecule has 2 saturated heterocycles. The van der Waals surface area contributed by atoms with Crippen LogP contribution in [0.1, 0.15) is 53.9 Å². The average molecular weight is 355 g/mol. The molecule has 0 radical (unpaired) electrons. The predicted molar refractivity (Wildman–Crippen MR) is 95.2 cm³/mol. The third-order valence-electron chi connectivity index (χ3n) is 5.58. The molecule has 1 atom stereocenters. The van der Waals surface area contributed by atoms with Crippen LogP contribution in [-0.2, 0) is 9.53 Å². The summed E-state index contributed by atoms with van der Waals surface area (Å²) in [5, 5.41) is 13.0. The molecule has 0 aromatic rings. The van der Waals surface area contributed by atoms with E-state index in [1.807, 2.05) is 6.92 Å². The van der Waals surface area contributed by atoms with E-state index < -0.39 is 17.7 Å². The Kier molecular flexibility index (Phi) is 5.52. The standard InChI is InChI=1S/C18H33N3O4/c1-7-8-25-10-13(22)9-21-14(23)18(19-15(21)24)11-16(2,3)20(6)17(4,5)12-18/h13,22H,7-12H2,1-6H3,(H,19,24). The Labute approximate surface area is 150 Å². The van der Waals surface area contributed by atoms with Crippen LogP contribution in [0.3, 0.4) is 0 Å². The molecule has 2 N–H and O–H groups in total. The van der Waals surface area contributed by atoms with E-state index in [4.69, 9.17) is 4.74 Å². The lowest BCUT2D eigenvalue weighted by Gasteiger charge is -2.56. The van der Waals surface area contributed by atoms with Gasteiger partial charge in [-0.05, 0) is 54.0 Å². The fourth-order valence-corrected chi connectivity index (χ4v) is 4.30. The predicted octanol–water partition coefficient (Wildman–Crippen LogP) is 1.35. The van der Waals surface area contributed by atoms with E-state index in [2.05, 4.69) is 45.0 Å². The van der Waals surface area contributed by atoms with Crippen LogP contribution < -0.4 is 5.32 Å². The number of likely N-dealkylation sites (tertiary alicyclic amines) is 1. The van der Waals surface area contributed by atoms with Crippen LogP contribution in [-0.4, -0.2) is 76.4 Å². The first-order valence-electron chi connectivity index (χ1n) is 9.09. The number of carbonyl (C=O) groups is 2. The monoisotopic (exact) mass is 355 g/mol. The molecule has 2 aliphatic heterocycles. The maximum absolute atomic E-state index is 13.1. The van der Waals surface area contributed by atoms with Crippen molar-refractivity contribution in [2.24, 2.45) is 0 Å². The van der Waals surface area contributed by atoms with E-state index in [9.17, 15) is 14.7 Å². The highest BCUT2D eigenvalue weighted by atomic mass is 16.5. The maximum atomic E-state index is 13.1. The molecule has 25 heavy (non-hydrogen) atoms. The Balaban J connectivity index is 2.14. The number of β-amino-alcohol motifs (C(OH)–C–C–N with tert-alkyl or cyclic N) is 1. The molecule has 0 aromatic carbocycles. The van der Waals surface area contributed by atoms with Crippen LogP contribution in [0, 0.1) is 0 Å². The van der Waals surface area contributed by atoms with Crippen LogP contribution in [0.5, 0.6) is 0 Å². The van der Waals surface area contributed by atoms with Crippen molar-refractivity contribution in [2.45, 2.75) is 76.6 Å². The number of amides is 3. The number of urea groups is 1. The number of hydrogen-bond donors (Lipinski definition) is 2. The minimum Gasteiger partial charge on any atom is -0.389 e. The highest BCUT2D eigenvalue weighted by Gasteiger charge is 2.60. The first-order valence-corrected chi connectivity index (χ1v) is 9.09. The molecule has 2 fully saturated rings. The quantitative estimate of drug-likeness (QED) is 0.555. The summed E-state index contributed by atoms with van der Waals surface area (Å²) in [4.78, 5) is 29.0. The highest BCUT2D eigenvalue weighted by molar-refractivity contribution is 6.07. The molecule has 1 spiro atoms. The van der Waals surface area contributed by atoms with E-state index in [-0.39, 0.29) is 30.1 Å². The van der Waals surface area contributed by atoms with Crippen LogP contribution in [0.25, 0.3) is 0 Å². The van der Waals surface area contributed by atoms with Crippen LogP contribution in [0.4, 0.5) is 4.79 Å². The van der Waals surface area contributed by atoms with Crippen molar-refractivity contribution in [3.63, 3.8) is 0 Å². The van der Waals surface area contributed by atoms with Gasteiger partial charge in [-0.3, -0.25) is 14.6 Å². The van der Waals surface area contributed by atoms with E-state index in [0.29, 0.717) is 19.4 Å². The minimum atomic E-state index is -0.902. The Morgan fingerprint density at radius 3 is 2.28 bits per heavy atom. The summed E-state index contributed by atoms with van der Waals surface area (Å²) in [7, 11) is 2.06. The summed E-state index contributed by atoms with van der Waals surface area (Å²) < 4.78 is 5.32. The summed E-state index contributed by atoms with van der Waals surface area (Å²) >= 11 is 0. The molecule has 7 nitrogen and oxygen atoms in total. The van der Waals surface area contributed by atoms with Gasteiger partial charge in [0.05, 0.1) is 19.3 Å². The van der Waals surface area contributed by atoms with Gasteiger partial charge in [-0.15, -0.1) is 0 Å². The summed E-state index contributed by atoms with van der Waals surface area (Å²) in [6.45, 7) is 11.0. The number of aliphatic hydroxyl groups is 1. The van der Waals surface area contributed by atoms with Gasteiger partial charge in [0.1, 0.15) is 5.54 Å². The number of piperidine rings is 1. The van der Waals surface area contributed by atoms with E-state index in [1.165, 1.54) is 0 Å². The number of nitrogens with zero attached hydrogens (tertiary/aromatic N) is 2. The molecular formula is C18H33N3O4. The van der Waals surface area contributed by atoms with Gasteiger partial charge >= 0.3 is 6.03 Å². The smallest absolute Gasteiger partial charge is 0.325 e. The summed E-state index contributed by atoms with van der Waals surface area (Å²) in [6.07, 6.45) is 1.08. The van der Waals surface area contributed by atoms with Crippen LogP contribution in [0.15, 0.2) is 0 Å². The summed E-state index contributed by atoms with van der Waals surface area (Å²) in [5.74, 6) is -0.235. The van der Waals surface area contributed by atoms with Crippen molar-refractivity contribution in [1.29, 1.82) is 0 Å². The molecule has 0 aliphatic carbocycles. The minimum absolute atomic E-state index is 0.0349. The first kappa shape index (κ1) is 20.1. The molecule has 2 rings (SSSR count). The van der Waals surface area contributed by atoms with Crippen molar-refractivity contribution in [3.05, 3.63) is 0 Å². The maximum Gasteiger partial charge on any atom is 0.325 e. The molecule has 0 bridgehead atoms. The van der Waals surface area contributed by atoms with Crippen molar-refractivity contribution >= 4 is 11.9 Å². The molecular weight excluding hydrogens is 322 g/mol. The molecule has 7 heteroatoms. The van der Waals surface area contributed by atoms with Crippen molar-refractivity contribution in [1.82, 2.24) is 15.1 Å². The van der Waals surface area contributed by atoms with Gasteiger partial charge in [0.25, 0.3) is 5.91 Å². The fourth-order valence-electron chi connectivity index (χ4n) is 4.30. The van der Waals surface area contributed by atoms with Gasteiger partial charge in [0.15, 0.2) is 0 Å². The number of hydrogen-bond acceptors (Lipinski definition) is 5. The zero-order valence-electron chi connectivity index (χ0n) is 16.4. The van der Waals surface area contributed by atoms with Gasteiger partial charge in [-0.1, -0.05) is 6.92 Å². The molecule has 1 unspecified atom stereocenters. The summed E-state index contributed by atoms with van der Waals surface area (Å²) in [6, 6.07) is -0.421. The SMILES string of the molecule is CCCOCC(O)CN1C(=O)NC2(CC(C)(C)N(C)C(C)(C)C2)C1=O. The van der Waals surface area contributed by atoms with Gasteiger partial charge in [0.2, 0.25) is 0 Å². The average Bonchev–Trinajstić information content (AvgIpc) is 2.68. The van der Waals surface area contributed by atoms with Crippen molar-refractivity contribution in [3.8, 4) is 0 Å². The Bertz CT molecular complexity index is 514. The van der Waals surface area contributed by atoms with Gasteiger partial charge in [-0.2, -0.15) is 0 Å². The van der Waals surface area contributed by atoms with Crippen molar-refractivity contribution in [2.75, 3.05) is 26.8 Å². The van der Waals surface area contributed by atoms with Crippen LogP contribution in [0.2, 0.25) is 0 Å². The zero-order valence-corrected chi connectivity index (χ0v) is 16.4. The Morgan fingerprint density at radius 2 is 1.76 bits per heavy atom. The second-order valence-electron chi connectivity index (χ2n) is 8.69. The largest absolute Gasteiger partial charge is 0.389 e. The third-order valence-corrected chi connectivity index (χ3v) is 5.58. The number of carbonyl (C=O) groups excluding carboxylic acids is 2. The van der Waals surface area contributed by atoms with Gasteiger partial charge < -0.3 is 15.2 Å². The van der Waals surface area contributed by atoms with Crippen LogP contribution >= 0.6 is 0 Å². The number of rotatable bonds is 6.